The SMILES string of the molecule is COc1ccc(-c2nn3c(=O)cc(CNC(=O)Nc4ccc(C)cc4Cl)nc3s2)cc1. The number of anilines is 1. The van der Waals surface area contributed by atoms with Crippen LogP contribution in [0.25, 0.3) is 15.5 Å². The van der Waals surface area contributed by atoms with Crippen LogP contribution in [-0.2, 0) is 6.54 Å². The zero-order valence-electron chi connectivity index (χ0n) is 16.7. The number of halogens is 1. The molecule has 10 heteroatoms. The number of methoxy groups -OCH3 is 1. The van der Waals surface area contributed by atoms with Crippen LogP contribution in [0.3, 0.4) is 0 Å². The van der Waals surface area contributed by atoms with E-state index in [-0.39, 0.29) is 12.1 Å². The van der Waals surface area contributed by atoms with Gasteiger partial charge in [0.15, 0.2) is 0 Å². The summed E-state index contributed by atoms with van der Waals surface area (Å²) in [5.41, 5.74) is 2.46. The molecule has 0 aliphatic rings. The predicted molar refractivity (Wildman–Crippen MR) is 121 cm³/mol. The molecule has 31 heavy (non-hydrogen) atoms. The Kier molecular flexibility index (Phi) is 5.88. The molecular weight excluding hydrogens is 438 g/mol. The Bertz CT molecular complexity index is 1320. The smallest absolute Gasteiger partial charge is 0.319 e. The third kappa shape index (κ3) is 4.68. The Balaban J connectivity index is 1.49. The first-order chi connectivity index (χ1) is 14.9. The maximum Gasteiger partial charge on any atom is 0.319 e. The third-order valence-electron chi connectivity index (χ3n) is 4.44. The largest absolute Gasteiger partial charge is 0.497 e. The van der Waals surface area contributed by atoms with Gasteiger partial charge in [-0.3, -0.25) is 4.79 Å². The van der Waals surface area contributed by atoms with E-state index < -0.39 is 6.03 Å². The van der Waals surface area contributed by atoms with E-state index >= 15 is 0 Å². The summed E-state index contributed by atoms with van der Waals surface area (Å²) in [5, 5.41) is 10.8. The molecular formula is C21H18ClN5O3S. The average molecular weight is 456 g/mol. The number of hydrogen-bond donors (Lipinski definition) is 2. The number of ether oxygens (including phenoxy) is 1. The van der Waals surface area contributed by atoms with Gasteiger partial charge in [-0.25, -0.2) is 9.78 Å². The number of hydrogen-bond acceptors (Lipinski definition) is 6. The standard InChI is InChI=1S/C21H18ClN5O3S/c1-12-3-8-17(16(22)9-12)25-20(29)23-11-14-10-18(28)27-21(24-14)31-19(26-27)13-4-6-15(30-2)7-5-13/h3-10H,11H2,1-2H3,(H2,23,25,29). The van der Waals surface area contributed by atoms with Gasteiger partial charge in [0.05, 0.1) is 30.1 Å². The highest BCUT2D eigenvalue weighted by atomic mass is 35.5. The van der Waals surface area contributed by atoms with Gasteiger partial charge in [-0.05, 0) is 48.9 Å². The second-order valence-corrected chi connectivity index (χ2v) is 8.07. The number of amides is 2. The van der Waals surface area contributed by atoms with Crippen LogP contribution < -0.4 is 20.9 Å². The number of rotatable bonds is 5. The Hall–Kier alpha value is -3.43. The van der Waals surface area contributed by atoms with Crippen LogP contribution in [0.1, 0.15) is 11.3 Å². The van der Waals surface area contributed by atoms with Gasteiger partial charge >= 0.3 is 6.03 Å². The maximum atomic E-state index is 12.5. The van der Waals surface area contributed by atoms with Gasteiger partial charge in [0.25, 0.3) is 5.56 Å². The number of benzene rings is 2. The van der Waals surface area contributed by atoms with E-state index in [9.17, 15) is 9.59 Å². The second kappa shape index (κ2) is 8.75. The number of carbonyl (C=O) groups is 1. The molecule has 0 fully saturated rings. The molecule has 2 heterocycles. The monoisotopic (exact) mass is 455 g/mol. The van der Waals surface area contributed by atoms with Crippen molar-refractivity contribution >= 4 is 39.6 Å². The Morgan fingerprint density at radius 3 is 2.68 bits per heavy atom. The average Bonchev–Trinajstić information content (AvgIpc) is 3.19. The highest BCUT2D eigenvalue weighted by Crippen LogP contribution is 2.26. The van der Waals surface area contributed by atoms with Gasteiger partial charge in [0, 0.05) is 11.6 Å². The highest BCUT2D eigenvalue weighted by molar-refractivity contribution is 7.19. The molecule has 2 amide bonds. The fourth-order valence-corrected chi connectivity index (χ4v) is 4.07. The van der Waals surface area contributed by atoms with Crippen molar-refractivity contribution in [2.75, 3.05) is 12.4 Å². The third-order valence-corrected chi connectivity index (χ3v) is 5.71. The van der Waals surface area contributed by atoms with Crippen molar-refractivity contribution < 1.29 is 9.53 Å². The van der Waals surface area contributed by atoms with Crippen LogP contribution in [0.5, 0.6) is 5.75 Å². The molecule has 0 saturated heterocycles. The number of aryl methyl sites for hydroxylation is 1. The van der Waals surface area contributed by atoms with Gasteiger partial charge in [0.1, 0.15) is 10.8 Å². The lowest BCUT2D eigenvalue weighted by Gasteiger charge is -2.09. The fourth-order valence-electron chi connectivity index (χ4n) is 2.86. The van der Waals surface area contributed by atoms with Crippen molar-refractivity contribution in [3.05, 3.63) is 75.2 Å². The molecule has 158 valence electrons. The molecule has 2 aromatic carbocycles. The van der Waals surface area contributed by atoms with Crippen LogP contribution >= 0.6 is 22.9 Å². The molecule has 0 atom stereocenters. The van der Waals surface area contributed by atoms with Crippen LogP contribution in [0, 0.1) is 6.92 Å². The lowest BCUT2D eigenvalue weighted by Crippen LogP contribution is -2.29. The van der Waals surface area contributed by atoms with Crippen LogP contribution in [-0.4, -0.2) is 27.7 Å². The maximum absolute atomic E-state index is 12.5. The van der Waals surface area contributed by atoms with Gasteiger partial charge in [0.2, 0.25) is 4.96 Å². The summed E-state index contributed by atoms with van der Waals surface area (Å²) in [7, 11) is 1.60. The molecule has 0 aliphatic carbocycles. The normalized spacial score (nSPS) is 10.8. The number of nitrogens with one attached hydrogen (secondary N) is 2. The molecule has 0 saturated carbocycles. The van der Waals surface area contributed by atoms with E-state index in [1.807, 2.05) is 37.3 Å². The lowest BCUT2D eigenvalue weighted by atomic mass is 10.2. The van der Waals surface area contributed by atoms with Gasteiger partial charge in [-0.1, -0.05) is 29.0 Å². The summed E-state index contributed by atoms with van der Waals surface area (Å²) in [6.45, 7) is 1.99. The minimum absolute atomic E-state index is 0.0802. The molecule has 2 aromatic heterocycles. The molecule has 0 radical (unpaired) electrons. The van der Waals surface area contributed by atoms with Gasteiger partial charge in [-0.2, -0.15) is 9.61 Å². The molecule has 0 unspecified atom stereocenters. The Morgan fingerprint density at radius 1 is 1.19 bits per heavy atom. The van der Waals surface area contributed by atoms with E-state index in [4.69, 9.17) is 16.3 Å². The summed E-state index contributed by atoms with van der Waals surface area (Å²) in [6.07, 6.45) is 0. The van der Waals surface area contributed by atoms with Crippen molar-refractivity contribution in [2.24, 2.45) is 0 Å². The predicted octanol–water partition coefficient (Wildman–Crippen LogP) is 4.11. The van der Waals surface area contributed by atoms with Crippen LogP contribution in [0.15, 0.2) is 53.3 Å². The van der Waals surface area contributed by atoms with Crippen molar-refractivity contribution in [1.82, 2.24) is 19.9 Å². The number of nitrogens with zero attached hydrogens (tertiary/aromatic N) is 3. The minimum atomic E-state index is -0.448. The summed E-state index contributed by atoms with van der Waals surface area (Å²) >= 11 is 7.42. The van der Waals surface area contributed by atoms with E-state index in [1.54, 1.807) is 19.2 Å². The number of aromatic nitrogens is 3. The molecule has 0 aliphatic heterocycles. The summed E-state index contributed by atoms with van der Waals surface area (Å²) in [6, 6.07) is 13.6. The Labute approximate surface area is 186 Å². The highest BCUT2D eigenvalue weighted by Gasteiger charge is 2.12. The first-order valence-corrected chi connectivity index (χ1v) is 10.5. The zero-order chi connectivity index (χ0) is 22.0. The van der Waals surface area contributed by atoms with Gasteiger partial charge in [-0.15, -0.1) is 0 Å². The van der Waals surface area contributed by atoms with E-state index in [0.717, 1.165) is 16.9 Å². The molecule has 4 aromatic rings. The van der Waals surface area contributed by atoms with Crippen molar-refractivity contribution in [3.63, 3.8) is 0 Å². The lowest BCUT2D eigenvalue weighted by molar-refractivity contribution is 0.251. The van der Waals surface area contributed by atoms with E-state index in [1.165, 1.54) is 21.9 Å². The summed E-state index contributed by atoms with van der Waals surface area (Å²) in [4.78, 5) is 29.6. The summed E-state index contributed by atoms with van der Waals surface area (Å²) < 4.78 is 6.41. The van der Waals surface area contributed by atoms with Crippen molar-refractivity contribution in [3.8, 4) is 16.3 Å². The summed E-state index contributed by atoms with van der Waals surface area (Å²) in [5.74, 6) is 0.735. The molecule has 0 bridgehead atoms. The minimum Gasteiger partial charge on any atom is -0.497 e. The van der Waals surface area contributed by atoms with Crippen LogP contribution in [0.4, 0.5) is 10.5 Å². The fraction of sp³-hybridized carbons (Fsp3) is 0.143. The number of carbonyl (C=O) groups excluding carboxylic acids is 1. The van der Waals surface area contributed by atoms with E-state index in [2.05, 4.69) is 20.7 Å². The quantitative estimate of drug-likeness (QED) is 0.472. The molecule has 0 spiro atoms. The Morgan fingerprint density at radius 2 is 1.97 bits per heavy atom. The molecule has 4 rings (SSSR count). The number of urea groups is 1. The molecule has 2 N–H and O–H groups in total. The van der Waals surface area contributed by atoms with Crippen molar-refractivity contribution in [1.29, 1.82) is 0 Å². The second-order valence-electron chi connectivity index (χ2n) is 6.71. The topological polar surface area (TPSA) is 97.6 Å². The van der Waals surface area contributed by atoms with E-state index in [0.29, 0.717) is 26.4 Å². The zero-order valence-corrected chi connectivity index (χ0v) is 18.3. The van der Waals surface area contributed by atoms with Gasteiger partial charge < -0.3 is 15.4 Å². The van der Waals surface area contributed by atoms with Crippen molar-refractivity contribution in [2.45, 2.75) is 13.5 Å². The van der Waals surface area contributed by atoms with Crippen LogP contribution in [0.2, 0.25) is 5.02 Å². The number of fused-ring (bicyclic) bond motifs is 1. The first-order valence-electron chi connectivity index (χ1n) is 9.28. The first kappa shape index (κ1) is 20.8. The molecule has 8 nitrogen and oxygen atoms in total.